The summed E-state index contributed by atoms with van der Waals surface area (Å²) in [6, 6.07) is 5.80. The summed E-state index contributed by atoms with van der Waals surface area (Å²) >= 11 is 0. The molecule has 0 spiro atoms. The van der Waals surface area contributed by atoms with E-state index in [1.807, 2.05) is 32.9 Å². The predicted octanol–water partition coefficient (Wildman–Crippen LogP) is 2.67. The van der Waals surface area contributed by atoms with E-state index < -0.39 is 0 Å². The minimum Gasteiger partial charge on any atom is -0.464 e. The van der Waals surface area contributed by atoms with E-state index in [1.54, 1.807) is 6.92 Å². The molecule has 0 heterocycles. The molecule has 3 heteroatoms. The smallest absolute Gasteiger partial charge is 0.328 e. The lowest BCUT2D eigenvalue weighted by Crippen LogP contribution is -2.28. The Kier molecular flexibility index (Phi) is 4.35. The molecule has 0 saturated carbocycles. The first-order valence-corrected chi connectivity index (χ1v) is 5.55. The summed E-state index contributed by atoms with van der Waals surface area (Å²) < 4.78 is 4.94. The molecular weight excluding hydrogens is 202 g/mol. The number of hydrogen-bond donors (Lipinski definition) is 1. The fourth-order valence-electron chi connectivity index (χ4n) is 1.45. The van der Waals surface area contributed by atoms with E-state index in [4.69, 9.17) is 4.74 Å². The van der Waals surface area contributed by atoms with E-state index in [-0.39, 0.29) is 12.0 Å². The highest BCUT2D eigenvalue weighted by molar-refractivity contribution is 5.79. The van der Waals surface area contributed by atoms with Gasteiger partial charge in [-0.15, -0.1) is 0 Å². The molecule has 1 atom stereocenters. The molecule has 1 N–H and O–H groups in total. The minimum atomic E-state index is -0.319. The molecule has 0 saturated heterocycles. The molecule has 0 aliphatic heterocycles. The molecule has 0 aromatic heterocycles. The maximum atomic E-state index is 11.5. The summed E-state index contributed by atoms with van der Waals surface area (Å²) in [6.07, 6.45) is 0. The van der Waals surface area contributed by atoms with Crippen LogP contribution in [0, 0.1) is 13.8 Å². The third-order valence-electron chi connectivity index (χ3n) is 2.41. The molecule has 88 valence electrons. The Hall–Kier alpha value is -1.51. The van der Waals surface area contributed by atoms with Crippen molar-refractivity contribution in [1.29, 1.82) is 0 Å². The lowest BCUT2D eigenvalue weighted by molar-refractivity contribution is -0.143. The molecule has 3 nitrogen and oxygen atoms in total. The van der Waals surface area contributed by atoms with Crippen molar-refractivity contribution in [2.45, 2.75) is 33.7 Å². The average molecular weight is 221 g/mol. The lowest BCUT2D eigenvalue weighted by Gasteiger charge is -2.16. The lowest BCUT2D eigenvalue weighted by atomic mass is 10.1. The number of esters is 1. The van der Waals surface area contributed by atoms with Crippen molar-refractivity contribution in [3.05, 3.63) is 29.3 Å². The number of benzene rings is 1. The van der Waals surface area contributed by atoms with Crippen molar-refractivity contribution in [2.75, 3.05) is 11.9 Å². The van der Waals surface area contributed by atoms with Crippen LogP contribution in [0.1, 0.15) is 25.0 Å². The predicted molar refractivity (Wildman–Crippen MR) is 65.6 cm³/mol. The molecule has 1 aromatic rings. The molecule has 0 fully saturated rings. The molecule has 0 amide bonds. The van der Waals surface area contributed by atoms with Gasteiger partial charge in [0.15, 0.2) is 0 Å². The number of aryl methyl sites for hydroxylation is 2. The Morgan fingerprint density at radius 2 is 2.12 bits per heavy atom. The average Bonchev–Trinajstić information content (AvgIpc) is 2.23. The van der Waals surface area contributed by atoms with E-state index in [2.05, 4.69) is 11.4 Å². The van der Waals surface area contributed by atoms with Crippen molar-refractivity contribution < 1.29 is 9.53 Å². The Balaban J connectivity index is 2.72. The van der Waals surface area contributed by atoms with Gasteiger partial charge in [0.05, 0.1) is 6.61 Å². The van der Waals surface area contributed by atoms with Gasteiger partial charge in [0, 0.05) is 5.69 Å². The Morgan fingerprint density at radius 1 is 1.44 bits per heavy atom. The van der Waals surface area contributed by atoms with Crippen LogP contribution in [-0.4, -0.2) is 18.6 Å². The number of carbonyl (C=O) groups excluding carboxylic acids is 1. The number of anilines is 1. The zero-order valence-corrected chi connectivity index (χ0v) is 10.3. The molecule has 1 aromatic carbocycles. The van der Waals surface area contributed by atoms with Crippen molar-refractivity contribution in [3.8, 4) is 0 Å². The molecule has 1 rings (SSSR count). The third kappa shape index (κ3) is 3.26. The van der Waals surface area contributed by atoms with Gasteiger partial charge < -0.3 is 10.1 Å². The molecule has 1 unspecified atom stereocenters. The van der Waals surface area contributed by atoms with Crippen molar-refractivity contribution >= 4 is 11.7 Å². The first kappa shape index (κ1) is 12.6. The van der Waals surface area contributed by atoms with Gasteiger partial charge in [-0.05, 0) is 44.9 Å². The largest absolute Gasteiger partial charge is 0.464 e. The third-order valence-corrected chi connectivity index (χ3v) is 2.41. The zero-order chi connectivity index (χ0) is 12.1. The molecular formula is C13H19NO2. The molecule has 0 radical (unpaired) electrons. The van der Waals surface area contributed by atoms with Gasteiger partial charge >= 0.3 is 5.97 Å². The van der Waals surface area contributed by atoms with Crippen LogP contribution in [0.15, 0.2) is 18.2 Å². The summed E-state index contributed by atoms with van der Waals surface area (Å²) in [5.41, 5.74) is 3.28. The quantitative estimate of drug-likeness (QED) is 0.794. The maximum Gasteiger partial charge on any atom is 0.328 e. The molecule has 16 heavy (non-hydrogen) atoms. The van der Waals surface area contributed by atoms with Gasteiger partial charge in [-0.25, -0.2) is 4.79 Å². The van der Waals surface area contributed by atoms with Gasteiger partial charge in [-0.3, -0.25) is 0 Å². The first-order valence-electron chi connectivity index (χ1n) is 5.55. The monoisotopic (exact) mass is 221 g/mol. The number of hydrogen-bond acceptors (Lipinski definition) is 3. The Morgan fingerprint density at radius 3 is 2.75 bits per heavy atom. The summed E-state index contributed by atoms with van der Waals surface area (Å²) in [5.74, 6) is -0.219. The van der Waals surface area contributed by atoms with E-state index in [9.17, 15) is 4.79 Å². The van der Waals surface area contributed by atoms with Crippen LogP contribution in [-0.2, 0) is 9.53 Å². The Bertz CT molecular complexity index is 374. The molecule has 0 bridgehead atoms. The highest BCUT2D eigenvalue weighted by atomic mass is 16.5. The van der Waals surface area contributed by atoms with Crippen molar-refractivity contribution in [1.82, 2.24) is 0 Å². The van der Waals surface area contributed by atoms with Gasteiger partial charge in [0.25, 0.3) is 0 Å². The SMILES string of the molecule is CCOC(=O)C(C)Nc1cc(C)ccc1C. The fourth-order valence-corrected chi connectivity index (χ4v) is 1.45. The van der Waals surface area contributed by atoms with Gasteiger partial charge in [0.2, 0.25) is 0 Å². The first-order chi connectivity index (χ1) is 7.54. The van der Waals surface area contributed by atoms with E-state index in [0.29, 0.717) is 6.61 Å². The second-order valence-corrected chi connectivity index (χ2v) is 3.94. The van der Waals surface area contributed by atoms with Gasteiger partial charge in [-0.2, -0.15) is 0 Å². The minimum absolute atomic E-state index is 0.219. The van der Waals surface area contributed by atoms with E-state index >= 15 is 0 Å². The topological polar surface area (TPSA) is 38.3 Å². The van der Waals surface area contributed by atoms with Crippen LogP contribution in [0.25, 0.3) is 0 Å². The van der Waals surface area contributed by atoms with E-state index in [1.165, 1.54) is 5.56 Å². The standard InChI is InChI=1S/C13H19NO2/c1-5-16-13(15)11(4)14-12-8-9(2)6-7-10(12)3/h6-8,11,14H,5H2,1-4H3. The fraction of sp³-hybridized carbons (Fsp3) is 0.462. The second-order valence-electron chi connectivity index (χ2n) is 3.94. The Labute approximate surface area is 96.8 Å². The van der Waals surface area contributed by atoms with Gasteiger partial charge in [0.1, 0.15) is 6.04 Å². The van der Waals surface area contributed by atoms with Crippen LogP contribution in [0.2, 0.25) is 0 Å². The zero-order valence-electron chi connectivity index (χ0n) is 10.3. The summed E-state index contributed by atoms with van der Waals surface area (Å²) in [6.45, 7) is 8.07. The van der Waals surface area contributed by atoms with Crippen molar-refractivity contribution in [2.24, 2.45) is 0 Å². The van der Waals surface area contributed by atoms with Crippen molar-refractivity contribution in [3.63, 3.8) is 0 Å². The van der Waals surface area contributed by atoms with Crippen LogP contribution >= 0.6 is 0 Å². The van der Waals surface area contributed by atoms with Crippen LogP contribution < -0.4 is 5.32 Å². The second kappa shape index (κ2) is 5.54. The number of nitrogens with one attached hydrogen (secondary N) is 1. The number of rotatable bonds is 4. The van der Waals surface area contributed by atoms with Crippen LogP contribution in [0.3, 0.4) is 0 Å². The van der Waals surface area contributed by atoms with Crippen LogP contribution in [0.5, 0.6) is 0 Å². The van der Waals surface area contributed by atoms with Gasteiger partial charge in [-0.1, -0.05) is 12.1 Å². The summed E-state index contributed by atoms with van der Waals surface area (Å²) in [7, 11) is 0. The molecule has 0 aliphatic carbocycles. The number of carbonyl (C=O) groups is 1. The normalized spacial score (nSPS) is 12.0. The molecule has 0 aliphatic rings. The highest BCUT2D eigenvalue weighted by Crippen LogP contribution is 2.17. The maximum absolute atomic E-state index is 11.5. The summed E-state index contributed by atoms with van der Waals surface area (Å²) in [4.78, 5) is 11.5. The highest BCUT2D eigenvalue weighted by Gasteiger charge is 2.14. The van der Waals surface area contributed by atoms with Crippen LogP contribution in [0.4, 0.5) is 5.69 Å². The van der Waals surface area contributed by atoms with E-state index in [0.717, 1.165) is 11.3 Å². The number of ether oxygens (including phenoxy) is 1. The summed E-state index contributed by atoms with van der Waals surface area (Å²) in [5, 5.41) is 3.16.